The van der Waals surface area contributed by atoms with Crippen molar-refractivity contribution in [3.05, 3.63) is 29.6 Å². The van der Waals surface area contributed by atoms with Crippen LogP contribution in [0.25, 0.3) is 0 Å². The molecule has 0 bridgehead atoms. The van der Waals surface area contributed by atoms with Gasteiger partial charge in [-0.25, -0.2) is 4.39 Å². The van der Waals surface area contributed by atoms with Crippen LogP contribution in [0, 0.1) is 5.82 Å². The first-order valence-electron chi connectivity index (χ1n) is 6.46. The average molecular weight is 252 g/mol. The Bertz CT molecular complexity index is 391. The molecular formula is C14H21FN2O. The molecule has 0 aromatic heterocycles. The van der Waals surface area contributed by atoms with Crippen molar-refractivity contribution < 1.29 is 9.50 Å². The summed E-state index contributed by atoms with van der Waals surface area (Å²) in [5, 5.41) is 12.8. The van der Waals surface area contributed by atoms with E-state index >= 15 is 0 Å². The first-order chi connectivity index (χ1) is 8.54. The van der Waals surface area contributed by atoms with Gasteiger partial charge in [0.25, 0.3) is 0 Å². The maximum atomic E-state index is 13.1. The second kappa shape index (κ2) is 5.67. The van der Waals surface area contributed by atoms with Crippen molar-refractivity contribution in [1.82, 2.24) is 10.2 Å². The standard InChI is InChI=1S/C14H21FN2O/c1-10-5-13(3-4-17(10)2)16-9-11-6-12(15)8-14(18)7-11/h6-8,10,13,16,18H,3-5,9H2,1-2H3. The summed E-state index contributed by atoms with van der Waals surface area (Å²) in [6.07, 6.45) is 2.22. The quantitative estimate of drug-likeness (QED) is 0.865. The van der Waals surface area contributed by atoms with Crippen LogP contribution in [0.1, 0.15) is 25.3 Å². The number of halogens is 1. The minimum atomic E-state index is -0.386. The Morgan fingerprint density at radius 3 is 2.89 bits per heavy atom. The Balaban J connectivity index is 1.88. The fourth-order valence-corrected chi connectivity index (χ4v) is 2.47. The molecule has 0 spiro atoms. The van der Waals surface area contributed by atoms with Gasteiger partial charge in [-0.3, -0.25) is 0 Å². The highest BCUT2D eigenvalue weighted by atomic mass is 19.1. The molecule has 18 heavy (non-hydrogen) atoms. The van der Waals surface area contributed by atoms with Gasteiger partial charge < -0.3 is 15.3 Å². The van der Waals surface area contributed by atoms with Crippen molar-refractivity contribution in [2.45, 2.75) is 38.4 Å². The van der Waals surface area contributed by atoms with E-state index < -0.39 is 0 Å². The number of phenols is 1. The average Bonchev–Trinajstić information content (AvgIpc) is 2.29. The van der Waals surface area contributed by atoms with E-state index in [4.69, 9.17) is 0 Å². The number of phenolic OH excluding ortho intramolecular Hbond substituents is 1. The van der Waals surface area contributed by atoms with Crippen LogP contribution in [0.4, 0.5) is 4.39 Å². The predicted molar refractivity (Wildman–Crippen MR) is 70.0 cm³/mol. The molecular weight excluding hydrogens is 231 g/mol. The van der Waals surface area contributed by atoms with Crippen LogP contribution < -0.4 is 5.32 Å². The van der Waals surface area contributed by atoms with E-state index in [2.05, 4.69) is 24.2 Å². The zero-order valence-corrected chi connectivity index (χ0v) is 11.0. The number of hydrogen-bond acceptors (Lipinski definition) is 3. The lowest BCUT2D eigenvalue weighted by molar-refractivity contribution is 0.168. The van der Waals surface area contributed by atoms with Crippen LogP contribution in [0.2, 0.25) is 0 Å². The summed E-state index contributed by atoms with van der Waals surface area (Å²) in [6.45, 7) is 3.92. The summed E-state index contributed by atoms with van der Waals surface area (Å²) in [5.41, 5.74) is 0.791. The molecule has 3 nitrogen and oxygen atoms in total. The number of hydrogen-bond donors (Lipinski definition) is 2. The molecule has 1 aromatic rings. The molecule has 1 aliphatic rings. The zero-order valence-electron chi connectivity index (χ0n) is 11.0. The number of aromatic hydroxyl groups is 1. The van der Waals surface area contributed by atoms with Crippen LogP contribution in [-0.2, 0) is 6.54 Å². The molecule has 1 heterocycles. The third-order valence-corrected chi connectivity index (χ3v) is 3.75. The minimum absolute atomic E-state index is 0.0106. The van der Waals surface area contributed by atoms with Gasteiger partial charge in [0.1, 0.15) is 11.6 Å². The van der Waals surface area contributed by atoms with E-state index in [1.165, 1.54) is 6.07 Å². The maximum absolute atomic E-state index is 13.1. The van der Waals surface area contributed by atoms with Crippen LogP contribution in [0.3, 0.4) is 0 Å². The molecule has 0 radical (unpaired) electrons. The largest absolute Gasteiger partial charge is 0.508 e. The molecule has 1 saturated heterocycles. The molecule has 100 valence electrons. The number of nitrogens with one attached hydrogen (secondary N) is 1. The number of likely N-dealkylation sites (tertiary alicyclic amines) is 1. The van der Waals surface area contributed by atoms with Gasteiger partial charge in [0.2, 0.25) is 0 Å². The summed E-state index contributed by atoms with van der Waals surface area (Å²) >= 11 is 0. The van der Waals surface area contributed by atoms with Gasteiger partial charge in [-0.2, -0.15) is 0 Å². The minimum Gasteiger partial charge on any atom is -0.508 e. The first kappa shape index (κ1) is 13.3. The fraction of sp³-hybridized carbons (Fsp3) is 0.571. The third kappa shape index (κ3) is 3.43. The molecule has 0 amide bonds. The zero-order chi connectivity index (χ0) is 13.1. The van der Waals surface area contributed by atoms with Gasteiger partial charge in [0.05, 0.1) is 0 Å². The highest BCUT2D eigenvalue weighted by molar-refractivity contribution is 5.28. The molecule has 1 aliphatic heterocycles. The molecule has 4 heteroatoms. The smallest absolute Gasteiger partial charge is 0.127 e. The van der Waals surface area contributed by atoms with E-state index in [0.717, 1.165) is 31.0 Å². The van der Waals surface area contributed by atoms with Gasteiger partial charge in [-0.15, -0.1) is 0 Å². The van der Waals surface area contributed by atoms with Crippen molar-refractivity contribution in [1.29, 1.82) is 0 Å². The third-order valence-electron chi connectivity index (χ3n) is 3.75. The van der Waals surface area contributed by atoms with Crippen molar-refractivity contribution in [2.75, 3.05) is 13.6 Å². The van der Waals surface area contributed by atoms with Gasteiger partial charge >= 0.3 is 0 Å². The molecule has 1 aromatic carbocycles. The SMILES string of the molecule is CC1CC(NCc2cc(O)cc(F)c2)CCN1C. The molecule has 2 N–H and O–H groups in total. The Morgan fingerprint density at radius 2 is 2.22 bits per heavy atom. The summed E-state index contributed by atoms with van der Waals surface area (Å²) in [7, 11) is 2.14. The van der Waals surface area contributed by atoms with Crippen LogP contribution in [0.5, 0.6) is 5.75 Å². The number of benzene rings is 1. The lowest BCUT2D eigenvalue weighted by Gasteiger charge is -2.35. The summed E-state index contributed by atoms with van der Waals surface area (Å²) in [4.78, 5) is 2.35. The summed E-state index contributed by atoms with van der Waals surface area (Å²) < 4.78 is 13.1. The van der Waals surface area contributed by atoms with Crippen LogP contribution in [-0.4, -0.2) is 35.7 Å². The van der Waals surface area contributed by atoms with E-state index in [-0.39, 0.29) is 11.6 Å². The first-order valence-corrected chi connectivity index (χ1v) is 6.46. The van der Waals surface area contributed by atoms with E-state index in [1.807, 2.05) is 0 Å². The number of piperidine rings is 1. The van der Waals surface area contributed by atoms with E-state index in [0.29, 0.717) is 18.6 Å². The van der Waals surface area contributed by atoms with Crippen molar-refractivity contribution >= 4 is 0 Å². The van der Waals surface area contributed by atoms with Crippen molar-refractivity contribution in [3.8, 4) is 5.75 Å². The Labute approximate surface area is 108 Å². The lowest BCUT2D eigenvalue weighted by Crippen LogP contribution is -2.45. The van der Waals surface area contributed by atoms with Crippen molar-refractivity contribution in [2.24, 2.45) is 0 Å². The van der Waals surface area contributed by atoms with Crippen LogP contribution in [0.15, 0.2) is 18.2 Å². The normalized spacial score (nSPS) is 25.3. The highest BCUT2D eigenvalue weighted by Gasteiger charge is 2.22. The van der Waals surface area contributed by atoms with Crippen molar-refractivity contribution in [3.63, 3.8) is 0 Å². The van der Waals surface area contributed by atoms with Crippen LogP contribution >= 0.6 is 0 Å². The molecule has 0 saturated carbocycles. The lowest BCUT2D eigenvalue weighted by atomic mass is 9.99. The second-order valence-corrected chi connectivity index (χ2v) is 5.25. The predicted octanol–water partition coefficient (Wildman–Crippen LogP) is 2.10. The van der Waals surface area contributed by atoms with E-state index in [1.54, 1.807) is 6.07 Å². The Hall–Kier alpha value is -1.13. The molecule has 2 atom stereocenters. The molecule has 2 rings (SSSR count). The van der Waals surface area contributed by atoms with Gasteiger partial charge in [-0.1, -0.05) is 0 Å². The Morgan fingerprint density at radius 1 is 1.44 bits per heavy atom. The highest BCUT2D eigenvalue weighted by Crippen LogP contribution is 2.17. The molecule has 1 fully saturated rings. The topological polar surface area (TPSA) is 35.5 Å². The fourth-order valence-electron chi connectivity index (χ4n) is 2.47. The summed E-state index contributed by atoms with van der Waals surface area (Å²) in [6, 6.07) is 5.25. The van der Waals surface area contributed by atoms with E-state index in [9.17, 15) is 9.50 Å². The number of nitrogens with zero attached hydrogens (tertiary/aromatic N) is 1. The Kier molecular flexibility index (Phi) is 4.19. The molecule has 2 unspecified atom stereocenters. The monoisotopic (exact) mass is 252 g/mol. The summed E-state index contributed by atoms with van der Waals surface area (Å²) in [5.74, 6) is -0.396. The van der Waals surface area contributed by atoms with Gasteiger partial charge in [-0.05, 0) is 51.1 Å². The number of rotatable bonds is 3. The van der Waals surface area contributed by atoms with Gasteiger partial charge in [0, 0.05) is 24.7 Å². The molecule has 0 aliphatic carbocycles. The van der Waals surface area contributed by atoms with Gasteiger partial charge in [0.15, 0.2) is 0 Å². The second-order valence-electron chi connectivity index (χ2n) is 5.25. The maximum Gasteiger partial charge on any atom is 0.127 e.